The summed E-state index contributed by atoms with van der Waals surface area (Å²) >= 11 is 0. The number of amides is 1. The Balaban J connectivity index is 2.35. The number of carboxylic acids is 1. The third-order valence-corrected chi connectivity index (χ3v) is 2.91. The van der Waals surface area contributed by atoms with Crippen LogP contribution in [0.4, 0.5) is 5.69 Å². The van der Waals surface area contributed by atoms with Crippen molar-refractivity contribution in [2.24, 2.45) is 5.92 Å². The maximum atomic E-state index is 11.7. The van der Waals surface area contributed by atoms with Crippen LogP contribution < -0.4 is 5.32 Å². The second kappa shape index (κ2) is 4.52. The highest BCUT2D eigenvalue weighted by Gasteiger charge is 2.22. The van der Waals surface area contributed by atoms with E-state index < -0.39 is 17.8 Å². The Bertz CT molecular complexity index is 616. The molecule has 18 heavy (non-hydrogen) atoms. The van der Waals surface area contributed by atoms with Gasteiger partial charge in [0.25, 0.3) is 0 Å². The number of H-pyrrole nitrogens is 1. The number of carboxylic acid groups (broad SMARTS) is 1. The number of aryl methyl sites for hydroxylation is 1. The SMILES string of the molecule is Cc1[nH]c2ccccc2c1NC(=O)C(C)C(=O)O. The molecule has 94 valence electrons. The highest BCUT2D eigenvalue weighted by Crippen LogP contribution is 2.27. The van der Waals surface area contributed by atoms with Crippen LogP contribution in [0.1, 0.15) is 12.6 Å². The van der Waals surface area contributed by atoms with Crippen LogP contribution in [-0.4, -0.2) is 22.0 Å². The summed E-state index contributed by atoms with van der Waals surface area (Å²) in [6, 6.07) is 7.54. The van der Waals surface area contributed by atoms with Crippen molar-refractivity contribution in [3.8, 4) is 0 Å². The molecule has 3 N–H and O–H groups in total. The van der Waals surface area contributed by atoms with E-state index in [4.69, 9.17) is 5.11 Å². The Morgan fingerprint density at radius 1 is 1.33 bits per heavy atom. The van der Waals surface area contributed by atoms with E-state index in [0.29, 0.717) is 5.69 Å². The number of anilines is 1. The van der Waals surface area contributed by atoms with Crippen molar-refractivity contribution < 1.29 is 14.7 Å². The van der Waals surface area contributed by atoms with Crippen LogP contribution in [0.5, 0.6) is 0 Å². The van der Waals surface area contributed by atoms with E-state index >= 15 is 0 Å². The molecule has 0 radical (unpaired) electrons. The molecule has 1 heterocycles. The summed E-state index contributed by atoms with van der Waals surface area (Å²) in [5.41, 5.74) is 2.36. The first-order valence-electron chi connectivity index (χ1n) is 5.61. The summed E-state index contributed by atoms with van der Waals surface area (Å²) in [4.78, 5) is 25.6. The van der Waals surface area contributed by atoms with Crippen molar-refractivity contribution in [3.63, 3.8) is 0 Å². The predicted molar refractivity (Wildman–Crippen MR) is 68.5 cm³/mol. The number of hydrogen-bond donors (Lipinski definition) is 3. The van der Waals surface area contributed by atoms with Gasteiger partial charge in [0, 0.05) is 16.6 Å². The van der Waals surface area contributed by atoms with Crippen molar-refractivity contribution in [2.75, 3.05) is 5.32 Å². The first-order chi connectivity index (χ1) is 8.50. The van der Waals surface area contributed by atoms with Gasteiger partial charge in [0.1, 0.15) is 5.92 Å². The lowest BCUT2D eigenvalue weighted by Gasteiger charge is -2.08. The molecule has 0 aliphatic rings. The zero-order valence-electron chi connectivity index (χ0n) is 10.2. The first-order valence-corrected chi connectivity index (χ1v) is 5.61. The minimum Gasteiger partial charge on any atom is -0.481 e. The lowest BCUT2D eigenvalue weighted by molar-refractivity contribution is -0.144. The zero-order valence-corrected chi connectivity index (χ0v) is 10.2. The molecular formula is C13H14N2O3. The number of para-hydroxylation sites is 1. The van der Waals surface area contributed by atoms with E-state index in [-0.39, 0.29) is 0 Å². The number of carbonyl (C=O) groups excluding carboxylic acids is 1. The lowest BCUT2D eigenvalue weighted by atomic mass is 10.1. The number of fused-ring (bicyclic) bond motifs is 1. The standard InChI is InChI=1S/C13H14N2O3/c1-7(13(17)18)12(16)15-11-8(2)14-10-6-4-3-5-9(10)11/h3-7,14H,1-2H3,(H,15,16)(H,17,18). The average molecular weight is 246 g/mol. The monoisotopic (exact) mass is 246 g/mol. The van der Waals surface area contributed by atoms with Crippen molar-refractivity contribution in [1.29, 1.82) is 0 Å². The van der Waals surface area contributed by atoms with Crippen LogP contribution in [-0.2, 0) is 9.59 Å². The fourth-order valence-corrected chi connectivity index (χ4v) is 1.78. The molecule has 2 rings (SSSR count). The number of aliphatic carboxylic acids is 1. The maximum Gasteiger partial charge on any atom is 0.315 e. The smallest absolute Gasteiger partial charge is 0.315 e. The third kappa shape index (κ3) is 2.07. The summed E-state index contributed by atoms with van der Waals surface area (Å²) in [6.07, 6.45) is 0. The van der Waals surface area contributed by atoms with E-state index in [1.807, 2.05) is 31.2 Å². The Labute approximate surface area is 104 Å². The highest BCUT2D eigenvalue weighted by atomic mass is 16.4. The zero-order chi connectivity index (χ0) is 13.3. The van der Waals surface area contributed by atoms with Crippen LogP contribution in [0.3, 0.4) is 0 Å². The first kappa shape index (κ1) is 12.2. The van der Waals surface area contributed by atoms with Gasteiger partial charge in [0.15, 0.2) is 0 Å². The van der Waals surface area contributed by atoms with E-state index in [2.05, 4.69) is 10.3 Å². The van der Waals surface area contributed by atoms with Crippen LogP contribution in [0.25, 0.3) is 10.9 Å². The molecule has 2 aromatic rings. The molecule has 5 heteroatoms. The Kier molecular flexibility index (Phi) is 3.06. The number of rotatable bonds is 3. The Hall–Kier alpha value is -2.30. The van der Waals surface area contributed by atoms with Crippen molar-refractivity contribution in [2.45, 2.75) is 13.8 Å². The van der Waals surface area contributed by atoms with Crippen LogP contribution in [0.15, 0.2) is 24.3 Å². The number of aromatic nitrogens is 1. The van der Waals surface area contributed by atoms with Gasteiger partial charge in [0.2, 0.25) is 5.91 Å². The summed E-state index contributed by atoms with van der Waals surface area (Å²) in [5, 5.41) is 12.3. The number of hydrogen-bond acceptors (Lipinski definition) is 2. The van der Waals surface area contributed by atoms with Gasteiger partial charge in [-0.05, 0) is 19.9 Å². The molecule has 1 unspecified atom stereocenters. The summed E-state index contributed by atoms with van der Waals surface area (Å²) < 4.78 is 0. The number of benzene rings is 1. The molecule has 0 aliphatic heterocycles. The summed E-state index contributed by atoms with van der Waals surface area (Å²) in [5.74, 6) is -2.72. The molecule has 0 spiro atoms. The predicted octanol–water partition coefficient (Wildman–Crippen LogP) is 2.14. The average Bonchev–Trinajstić information content (AvgIpc) is 2.65. The molecule has 1 atom stereocenters. The molecule has 1 amide bonds. The number of aromatic amines is 1. The summed E-state index contributed by atoms with van der Waals surface area (Å²) in [7, 11) is 0. The Morgan fingerprint density at radius 3 is 2.67 bits per heavy atom. The molecule has 1 aromatic heterocycles. The van der Waals surface area contributed by atoms with Crippen molar-refractivity contribution in [3.05, 3.63) is 30.0 Å². The maximum absolute atomic E-state index is 11.7. The quantitative estimate of drug-likeness (QED) is 0.725. The fourth-order valence-electron chi connectivity index (χ4n) is 1.78. The second-order valence-electron chi connectivity index (χ2n) is 4.22. The van der Waals surface area contributed by atoms with E-state index in [9.17, 15) is 9.59 Å². The molecule has 0 saturated heterocycles. The van der Waals surface area contributed by atoms with Gasteiger partial charge >= 0.3 is 5.97 Å². The van der Waals surface area contributed by atoms with Crippen LogP contribution >= 0.6 is 0 Å². The van der Waals surface area contributed by atoms with Gasteiger partial charge in [-0.25, -0.2) is 0 Å². The molecule has 0 fully saturated rings. The normalized spacial score (nSPS) is 12.3. The van der Waals surface area contributed by atoms with Gasteiger partial charge in [-0.2, -0.15) is 0 Å². The van der Waals surface area contributed by atoms with Crippen LogP contribution in [0, 0.1) is 12.8 Å². The molecular weight excluding hydrogens is 232 g/mol. The fraction of sp³-hybridized carbons (Fsp3) is 0.231. The highest BCUT2D eigenvalue weighted by molar-refractivity contribution is 6.08. The van der Waals surface area contributed by atoms with Gasteiger partial charge < -0.3 is 15.4 Å². The minimum atomic E-state index is -1.13. The van der Waals surface area contributed by atoms with E-state index in [1.54, 1.807) is 0 Å². The molecule has 1 aromatic carbocycles. The van der Waals surface area contributed by atoms with Crippen molar-refractivity contribution >= 4 is 28.5 Å². The van der Waals surface area contributed by atoms with Crippen molar-refractivity contribution in [1.82, 2.24) is 4.98 Å². The van der Waals surface area contributed by atoms with Gasteiger partial charge in [-0.3, -0.25) is 9.59 Å². The van der Waals surface area contributed by atoms with E-state index in [1.165, 1.54) is 6.92 Å². The summed E-state index contributed by atoms with van der Waals surface area (Å²) in [6.45, 7) is 3.20. The van der Waals surface area contributed by atoms with Gasteiger partial charge in [-0.15, -0.1) is 0 Å². The van der Waals surface area contributed by atoms with E-state index in [0.717, 1.165) is 16.6 Å². The second-order valence-corrected chi connectivity index (χ2v) is 4.22. The van der Waals surface area contributed by atoms with Crippen LogP contribution in [0.2, 0.25) is 0 Å². The number of nitrogens with one attached hydrogen (secondary N) is 2. The van der Waals surface area contributed by atoms with Gasteiger partial charge in [0.05, 0.1) is 5.69 Å². The molecule has 0 bridgehead atoms. The number of carbonyl (C=O) groups is 2. The molecule has 5 nitrogen and oxygen atoms in total. The largest absolute Gasteiger partial charge is 0.481 e. The molecule has 0 saturated carbocycles. The Morgan fingerprint density at radius 2 is 2.00 bits per heavy atom. The minimum absolute atomic E-state index is 0.518. The lowest BCUT2D eigenvalue weighted by Crippen LogP contribution is -2.27. The van der Waals surface area contributed by atoms with Gasteiger partial charge in [-0.1, -0.05) is 18.2 Å². The topological polar surface area (TPSA) is 82.2 Å². The third-order valence-electron chi connectivity index (χ3n) is 2.91. The molecule has 0 aliphatic carbocycles.